The second-order valence-electron chi connectivity index (χ2n) is 5.81. The molecule has 0 atom stereocenters. The third kappa shape index (κ3) is 4.84. The third-order valence-electron chi connectivity index (χ3n) is 4.19. The van der Waals surface area contributed by atoms with Crippen LogP contribution in [-0.2, 0) is 0 Å². The molecule has 3 heterocycles. The van der Waals surface area contributed by atoms with Crippen LogP contribution in [0.3, 0.4) is 0 Å². The monoisotopic (exact) mass is 382 g/mol. The Bertz CT molecular complexity index is 741. The minimum absolute atomic E-state index is 0. The smallest absolute Gasteiger partial charge is 0.253 e. The van der Waals surface area contributed by atoms with E-state index in [2.05, 4.69) is 21.7 Å². The van der Waals surface area contributed by atoms with E-state index in [0.29, 0.717) is 12.1 Å². The molecule has 0 saturated carbocycles. The average molecular weight is 383 g/mol. The van der Waals surface area contributed by atoms with Crippen molar-refractivity contribution in [2.75, 3.05) is 19.6 Å². The fourth-order valence-corrected chi connectivity index (χ4v) is 2.95. The Morgan fingerprint density at radius 2 is 2.12 bits per heavy atom. The van der Waals surface area contributed by atoms with Gasteiger partial charge in [-0.15, -0.1) is 24.8 Å². The molecule has 0 aliphatic carbocycles. The Balaban J connectivity index is 0.00000156. The number of carbonyl (C=O) groups excluding carboxylic acids is 1. The van der Waals surface area contributed by atoms with E-state index in [1.807, 2.05) is 42.7 Å². The Kier molecular flexibility index (Phi) is 8.16. The highest BCUT2D eigenvalue weighted by Gasteiger charge is 2.17. The molecule has 25 heavy (non-hydrogen) atoms. The van der Waals surface area contributed by atoms with Crippen molar-refractivity contribution in [1.29, 1.82) is 0 Å². The van der Waals surface area contributed by atoms with Crippen molar-refractivity contribution in [2.24, 2.45) is 0 Å². The summed E-state index contributed by atoms with van der Waals surface area (Å²) in [7, 11) is 0. The maximum atomic E-state index is 12.5. The molecule has 0 fully saturated rings. The predicted molar refractivity (Wildman–Crippen MR) is 105 cm³/mol. The maximum absolute atomic E-state index is 12.5. The first-order chi connectivity index (χ1) is 11.2. The zero-order valence-corrected chi connectivity index (χ0v) is 16.0. The number of amides is 1. The first-order valence-corrected chi connectivity index (χ1v) is 7.94. The highest BCUT2D eigenvalue weighted by atomic mass is 35.5. The molecule has 2 aromatic rings. The Hall–Kier alpha value is -1.82. The third-order valence-corrected chi connectivity index (χ3v) is 4.19. The molecule has 0 radical (unpaired) electrons. The molecule has 2 N–H and O–H groups in total. The molecule has 0 saturated heterocycles. The van der Waals surface area contributed by atoms with Crippen LogP contribution in [0.4, 0.5) is 0 Å². The normalized spacial score (nSPS) is 13.3. The summed E-state index contributed by atoms with van der Waals surface area (Å²) in [4.78, 5) is 16.9. The van der Waals surface area contributed by atoms with Gasteiger partial charge in [0.25, 0.3) is 5.91 Å². The van der Waals surface area contributed by atoms with Gasteiger partial charge in [0.05, 0.1) is 5.56 Å². The van der Waals surface area contributed by atoms with Crippen LogP contribution in [0.5, 0.6) is 0 Å². The summed E-state index contributed by atoms with van der Waals surface area (Å²) in [6.07, 6.45) is 4.91. The average Bonchev–Trinajstić information content (AvgIpc) is 2.89. The van der Waals surface area contributed by atoms with Gasteiger partial charge in [-0.25, -0.2) is 4.98 Å². The summed E-state index contributed by atoms with van der Waals surface area (Å²) in [6.45, 7) is 6.44. The lowest BCUT2D eigenvalue weighted by Crippen LogP contribution is -2.29. The van der Waals surface area contributed by atoms with Crippen molar-refractivity contribution < 1.29 is 4.79 Å². The summed E-state index contributed by atoms with van der Waals surface area (Å²) in [5, 5.41) is 6.31. The summed E-state index contributed by atoms with van der Waals surface area (Å²) in [6, 6.07) is 7.71. The Labute approximate surface area is 160 Å². The van der Waals surface area contributed by atoms with Gasteiger partial charge in [-0.3, -0.25) is 4.79 Å². The van der Waals surface area contributed by atoms with E-state index >= 15 is 0 Å². The molecule has 3 rings (SSSR count). The van der Waals surface area contributed by atoms with E-state index in [9.17, 15) is 4.79 Å². The highest BCUT2D eigenvalue weighted by molar-refractivity contribution is 5.96. The molecule has 5 nitrogen and oxygen atoms in total. The summed E-state index contributed by atoms with van der Waals surface area (Å²) < 4.78 is 2.01. The molecule has 2 aromatic heterocycles. The number of nitrogens with zero attached hydrogens (tertiary/aromatic N) is 2. The van der Waals surface area contributed by atoms with Crippen molar-refractivity contribution in [3.63, 3.8) is 0 Å². The van der Waals surface area contributed by atoms with Crippen LogP contribution in [0.1, 0.15) is 28.2 Å². The number of hydrogen-bond donors (Lipinski definition) is 2. The molecule has 1 aliphatic rings. The van der Waals surface area contributed by atoms with Crippen LogP contribution < -0.4 is 10.6 Å². The van der Waals surface area contributed by atoms with Gasteiger partial charge in [-0.05, 0) is 45.0 Å². The summed E-state index contributed by atoms with van der Waals surface area (Å²) in [5.41, 5.74) is 3.92. The molecule has 0 aromatic carbocycles. The van der Waals surface area contributed by atoms with Gasteiger partial charge in [0.2, 0.25) is 0 Å². The van der Waals surface area contributed by atoms with Crippen molar-refractivity contribution in [3.05, 3.63) is 59.1 Å². The zero-order chi connectivity index (χ0) is 16.2. The predicted octanol–water partition coefficient (Wildman–Crippen LogP) is 2.98. The van der Waals surface area contributed by atoms with E-state index < -0.39 is 0 Å². The van der Waals surface area contributed by atoms with Gasteiger partial charge in [0, 0.05) is 30.7 Å². The maximum Gasteiger partial charge on any atom is 0.253 e. The Morgan fingerprint density at radius 3 is 2.76 bits per heavy atom. The van der Waals surface area contributed by atoms with Crippen molar-refractivity contribution >= 4 is 30.7 Å². The highest BCUT2D eigenvalue weighted by Crippen LogP contribution is 2.19. The largest absolute Gasteiger partial charge is 0.348 e. The fourth-order valence-electron chi connectivity index (χ4n) is 2.95. The van der Waals surface area contributed by atoms with Crippen LogP contribution in [0, 0.1) is 13.8 Å². The van der Waals surface area contributed by atoms with E-state index in [1.54, 1.807) is 6.20 Å². The lowest BCUT2D eigenvalue weighted by atomic mass is 10.1. The van der Waals surface area contributed by atoms with Gasteiger partial charge in [0.1, 0.15) is 5.82 Å². The quantitative estimate of drug-likeness (QED) is 0.799. The lowest BCUT2D eigenvalue weighted by Gasteiger charge is -2.14. The molecule has 1 aliphatic heterocycles. The number of nitrogens with one attached hydrogen (secondary N) is 2. The van der Waals surface area contributed by atoms with Crippen molar-refractivity contribution in [3.8, 4) is 5.82 Å². The summed E-state index contributed by atoms with van der Waals surface area (Å²) >= 11 is 0. The van der Waals surface area contributed by atoms with E-state index in [-0.39, 0.29) is 30.7 Å². The molecule has 136 valence electrons. The molecular formula is C18H24Cl2N4O. The second kappa shape index (κ2) is 9.61. The second-order valence-corrected chi connectivity index (χ2v) is 5.81. The van der Waals surface area contributed by atoms with Gasteiger partial charge in [-0.2, -0.15) is 0 Å². The molecule has 0 bridgehead atoms. The topological polar surface area (TPSA) is 59.0 Å². The van der Waals surface area contributed by atoms with Crippen molar-refractivity contribution in [1.82, 2.24) is 20.2 Å². The van der Waals surface area contributed by atoms with Gasteiger partial charge < -0.3 is 15.2 Å². The molecular weight excluding hydrogens is 359 g/mol. The minimum Gasteiger partial charge on any atom is -0.348 e. The van der Waals surface area contributed by atoms with Gasteiger partial charge in [0.15, 0.2) is 0 Å². The number of pyridine rings is 1. The van der Waals surface area contributed by atoms with Gasteiger partial charge in [-0.1, -0.05) is 17.7 Å². The van der Waals surface area contributed by atoms with Crippen LogP contribution in [0.15, 0.2) is 42.1 Å². The minimum atomic E-state index is -0.0280. The number of rotatable bonds is 4. The molecule has 0 unspecified atom stereocenters. The first-order valence-electron chi connectivity index (χ1n) is 7.94. The Morgan fingerprint density at radius 1 is 1.32 bits per heavy atom. The number of carbonyl (C=O) groups is 1. The van der Waals surface area contributed by atoms with E-state index in [0.717, 1.165) is 36.7 Å². The molecule has 0 spiro atoms. The number of hydrogen-bond acceptors (Lipinski definition) is 3. The van der Waals surface area contributed by atoms with Crippen LogP contribution in [0.2, 0.25) is 0 Å². The van der Waals surface area contributed by atoms with Gasteiger partial charge >= 0.3 is 0 Å². The molecule has 7 heteroatoms. The SMILES string of the molecule is Cc1cc(C(=O)NCC2=CCNCC2)c(C)n1-c1ccccn1.Cl.Cl. The van der Waals surface area contributed by atoms with E-state index in [4.69, 9.17) is 0 Å². The molecule has 1 amide bonds. The van der Waals surface area contributed by atoms with Crippen LogP contribution in [-0.4, -0.2) is 35.1 Å². The number of halogens is 2. The number of aromatic nitrogens is 2. The first kappa shape index (κ1) is 21.2. The lowest BCUT2D eigenvalue weighted by molar-refractivity contribution is 0.0956. The van der Waals surface area contributed by atoms with Crippen LogP contribution in [0.25, 0.3) is 5.82 Å². The van der Waals surface area contributed by atoms with E-state index in [1.165, 1.54) is 5.57 Å². The van der Waals surface area contributed by atoms with Crippen LogP contribution >= 0.6 is 24.8 Å². The fraction of sp³-hybridized carbons (Fsp3) is 0.333. The van der Waals surface area contributed by atoms with Crippen molar-refractivity contribution in [2.45, 2.75) is 20.3 Å². The summed E-state index contributed by atoms with van der Waals surface area (Å²) in [5.74, 6) is 0.808. The number of aryl methyl sites for hydroxylation is 1. The standard InChI is InChI=1S/C18H22N4O.2ClH/c1-13-11-16(14(2)22(13)17-5-3-4-8-20-17)18(23)21-12-15-6-9-19-10-7-15;;/h3-6,8,11,19H,7,9-10,12H2,1-2H3,(H,21,23);2*1H. The zero-order valence-electron chi connectivity index (χ0n) is 14.4.